The first-order chi connectivity index (χ1) is 18.3. The van der Waals surface area contributed by atoms with Gasteiger partial charge in [-0.3, -0.25) is 4.79 Å². The molecule has 3 atom stereocenters. The second-order valence-corrected chi connectivity index (χ2v) is 11.6. The molecule has 4 rings (SSSR count). The number of hydrogen-bond donors (Lipinski definition) is 1. The second kappa shape index (κ2) is 13.1. The molecule has 0 bridgehead atoms. The number of carboxylic acid groups (broad SMARTS) is 1. The van der Waals surface area contributed by atoms with Crippen molar-refractivity contribution in [2.24, 2.45) is 17.8 Å². The summed E-state index contributed by atoms with van der Waals surface area (Å²) >= 11 is 1.76. The Balaban J connectivity index is 1.33. The Kier molecular flexibility index (Phi) is 9.67. The van der Waals surface area contributed by atoms with Crippen LogP contribution in [0.25, 0.3) is 10.4 Å². The van der Waals surface area contributed by atoms with Crippen LogP contribution in [-0.4, -0.2) is 42.4 Å². The van der Waals surface area contributed by atoms with Gasteiger partial charge in [0, 0.05) is 19.3 Å². The Bertz CT molecular complexity index is 1210. The van der Waals surface area contributed by atoms with E-state index in [2.05, 4.69) is 30.9 Å². The van der Waals surface area contributed by atoms with Gasteiger partial charge in [-0.2, -0.15) is 0 Å². The fourth-order valence-electron chi connectivity index (χ4n) is 5.39. The number of nitrogens with zero attached hydrogens (tertiary/aromatic N) is 2. The molecule has 204 valence electrons. The number of thiazole rings is 1. The molecular weight excluding hydrogens is 496 g/mol. The minimum atomic E-state index is -0.824. The summed E-state index contributed by atoms with van der Waals surface area (Å²) in [5.74, 6) is 2.66. The number of carbonyl (C=O) groups is 1. The molecule has 1 aromatic heterocycles. The molecule has 1 aliphatic rings. The Hall–Kier alpha value is -3.06. The zero-order chi connectivity index (χ0) is 27.1. The minimum absolute atomic E-state index is 0.0187. The average molecular weight is 537 g/mol. The molecule has 2 unspecified atom stereocenters. The van der Waals surface area contributed by atoms with Gasteiger partial charge in [0.05, 0.1) is 24.5 Å². The summed E-state index contributed by atoms with van der Waals surface area (Å²) in [6.07, 6.45) is 5.33. The summed E-state index contributed by atoms with van der Waals surface area (Å²) in [7, 11) is 0. The van der Waals surface area contributed by atoms with Gasteiger partial charge in [-0.25, -0.2) is 4.98 Å². The van der Waals surface area contributed by atoms with Crippen molar-refractivity contribution in [2.75, 3.05) is 31.2 Å². The number of aliphatic carboxylic acids is 1. The molecular formula is C31H40N2O4S. The normalized spacial score (nSPS) is 19.7. The van der Waals surface area contributed by atoms with Crippen LogP contribution in [0.1, 0.15) is 51.2 Å². The standard InChI is InChI=1S/C31H40N2O4S/c1-5-36-27-10-6-8-26(17-27)29-18-32-31(38-29)33-19-21(2)14-25(23(4)20-33)9-7-13-37-28-15-24(16-30(34)35)12-11-22(28)3/h6,8,10-12,15,17-18,21,23,25H,5,7,9,13-14,16,19-20H2,1-4H3,(H,34,35)/t21-,23?,25?/m1/s1. The molecule has 1 fully saturated rings. The van der Waals surface area contributed by atoms with Gasteiger partial charge in [0.2, 0.25) is 0 Å². The second-order valence-electron chi connectivity index (χ2n) is 10.6. The first kappa shape index (κ1) is 28.0. The Morgan fingerprint density at radius 3 is 2.79 bits per heavy atom. The molecule has 6 nitrogen and oxygen atoms in total. The molecule has 0 spiro atoms. The van der Waals surface area contributed by atoms with E-state index in [1.165, 1.54) is 11.3 Å². The van der Waals surface area contributed by atoms with Crippen LogP contribution in [0.3, 0.4) is 0 Å². The van der Waals surface area contributed by atoms with Gasteiger partial charge in [-0.05, 0) is 85.8 Å². The van der Waals surface area contributed by atoms with E-state index in [0.29, 0.717) is 31.0 Å². The van der Waals surface area contributed by atoms with Crippen molar-refractivity contribution in [3.8, 4) is 21.9 Å². The maximum Gasteiger partial charge on any atom is 0.307 e. The number of rotatable bonds is 11. The van der Waals surface area contributed by atoms with E-state index in [9.17, 15) is 4.79 Å². The van der Waals surface area contributed by atoms with Crippen molar-refractivity contribution in [3.05, 3.63) is 59.8 Å². The fourth-order valence-corrected chi connectivity index (χ4v) is 6.32. The van der Waals surface area contributed by atoms with Gasteiger partial charge in [-0.15, -0.1) is 0 Å². The molecule has 0 amide bonds. The summed E-state index contributed by atoms with van der Waals surface area (Å²) in [4.78, 5) is 19.5. The van der Waals surface area contributed by atoms with Crippen LogP contribution in [0.2, 0.25) is 0 Å². The molecule has 0 aliphatic carbocycles. The highest BCUT2D eigenvalue weighted by Crippen LogP contribution is 2.37. The number of aromatic nitrogens is 1. The SMILES string of the molecule is CCOc1cccc(-c2cnc(N3CC(C)C(CCCOc4cc(CC(=O)O)ccc4C)C[C@@H](C)C3)s2)c1. The van der Waals surface area contributed by atoms with Crippen molar-refractivity contribution in [1.29, 1.82) is 0 Å². The van der Waals surface area contributed by atoms with Gasteiger partial charge in [0.25, 0.3) is 0 Å². The third-order valence-corrected chi connectivity index (χ3v) is 8.44. The van der Waals surface area contributed by atoms with E-state index in [1.807, 2.05) is 50.4 Å². The van der Waals surface area contributed by atoms with Gasteiger partial charge in [-0.1, -0.05) is 49.4 Å². The predicted octanol–water partition coefficient (Wildman–Crippen LogP) is 7.10. The van der Waals surface area contributed by atoms with Gasteiger partial charge >= 0.3 is 5.97 Å². The van der Waals surface area contributed by atoms with Crippen LogP contribution in [-0.2, 0) is 11.2 Å². The number of carboxylic acids is 1. The quantitative estimate of drug-likeness (QED) is 0.264. The van der Waals surface area contributed by atoms with Gasteiger partial charge < -0.3 is 19.5 Å². The van der Waals surface area contributed by atoms with Crippen molar-refractivity contribution in [1.82, 2.24) is 4.98 Å². The summed E-state index contributed by atoms with van der Waals surface area (Å²) < 4.78 is 11.8. The molecule has 2 aromatic carbocycles. The van der Waals surface area contributed by atoms with E-state index in [4.69, 9.17) is 19.6 Å². The minimum Gasteiger partial charge on any atom is -0.494 e. The molecule has 2 heterocycles. The van der Waals surface area contributed by atoms with Crippen LogP contribution in [0, 0.1) is 24.7 Å². The highest BCUT2D eigenvalue weighted by Gasteiger charge is 2.28. The molecule has 38 heavy (non-hydrogen) atoms. The maximum atomic E-state index is 11.0. The molecule has 1 N–H and O–H groups in total. The molecule has 0 saturated carbocycles. The van der Waals surface area contributed by atoms with Crippen LogP contribution in [0.4, 0.5) is 5.13 Å². The van der Waals surface area contributed by atoms with E-state index in [-0.39, 0.29) is 6.42 Å². The summed E-state index contributed by atoms with van der Waals surface area (Å²) in [6, 6.07) is 13.9. The van der Waals surface area contributed by atoms with Crippen LogP contribution in [0.5, 0.6) is 11.5 Å². The lowest BCUT2D eigenvalue weighted by molar-refractivity contribution is -0.136. The number of hydrogen-bond acceptors (Lipinski definition) is 6. The number of benzene rings is 2. The maximum absolute atomic E-state index is 11.0. The van der Waals surface area contributed by atoms with Gasteiger partial charge in [0.15, 0.2) is 5.13 Å². The van der Waals surface area contributed by atoms with E-state index in [1.54, 1.807) is 11.3 Å². The van der Waals surface area contributed by atoms with E-state index >= 15 is 0 Å². The monoisotopic (exact) mass is 536 g/mol. The van der Waals surface area contributed by atoms with Crippen molar-refractivity contribution in [3.63, 3.8) is 0 Å². The summed E-state index contributed by atoms with van der Waals surface area (Å²) in [5.41, 5.74) is 2.97. The van der Waals surface area contributed by atoms with Crippen LogP contribution >= 0.6 is 11.3 Å². The first-order valence-electron chi connectivity index (χ1n) is 13.7. The third-order valence-electron chi connectivity index (χ3n) is 7.33. The van der Waals surface area contributed by atoms with Crippen molar-refractivity contribution < 1.29 is 19.4 Å². The predicted molar refractivity (Wildman–Crippen MR) is 155 cm³/mol. The van der Waals surface area contributed by atoms with Gasteiger partial charge in [0.1, 0.15) is 11.5 Å². The number of aryl methyl sites for hydroxylation is 1. The molecule has 3 aromatic rings. The van der Waals surface area contributed by atoms with Crippen LogP contribution in [0.15, 0.2) is 48.7 Å². The number of ether oxygens (including phenoxy) is 2. The zero-order valence-corrected chi connectivity index (χ0v) is 23.8. The molecule has 0 radical (unpaired) electrons. The molecule has 7 heteroatoms. The Morgan fingerprint density at radius 1 is 1.16 bits per heavy atom. The zero-order valence-electron chi connectivity index (χ0n) is 23.0. The lowest BCUT2D eigenvalue weighted by Gasteiger charge is -2.25. The molecule has 1 aliphatic heterocycles. The Labute approximate surface area is 230 Å². The summed E-state index contributed by atoms with van der Waals surface area (Å²) in [5, 5.41) is 10.2. The molecule has 1 saturated heterocycles. The highest BCUT2D eigenvalue weighted by molar-refractivity contribution is 7.18. The topological polar surface area (TPSA) is 71.9 Å². The van der Waals surface area contributed by atoms with E-state index in [0.717, 1.165) is 59.3 Å². The Morgan fingerprint density at radius 2 is 2.00 bits per heavy atom. The van der Waals surface area contributed by atoms with Crippen molar-refractivity contribution in [2.45, 2.75) is 53.4 Å². The fraction of sp³-hybridized carbons (Fsp3) is 0.484. The summed E-state index contributed by atoms with van der Waals surface area (Å²) in [6.45, 7) is 12.1. The number of anilines is 1. The highest BCUT2D eigenvalue weighted by atomic mass is 32.1. The lowest BCUT2D eigenvalue weighted by atomic mass is 9.84. The van der Waals surface area contributed by atoms with Crippen molar-refractivity contribution >= 4 is 22.4 Å². The smallest absolute Gasteiger partial charge is 0.307 e. The van der Waals surface area contributed by atoms with Crippen LogP contribution < -0.4 is 14.4 Å². The third kappa shape index (κ3) is 7.50. The first-order valence-corrected chi connectivity index (χ1v) is 14.5. The lowest BCUT2D eigenvalue weighted by Crippen LogP contribution is -2.30. The van der Waals surface area contributed by atoms with E-state index < -0.39 is 5.97 Å². The largest absolute Gasteiger partial charge is 0.494 e. The average Bonchev–Trinajstić information content (AvgIpc) is 3.32.